The van der Waals surface area contributed by atoms with Crippen molar-refractivity contribution in [2.45, 2.75) is 29.5 Å². The van der Waals surface area contributed by atoms with Crippen molar-refractivity contribution in [2.75, 3.05) is 33.4 Å². The monoisotopic (exact) mass is 441 g/mol. The van der Waals surface area contributed by atoms with Gasteiger partial charge in [-0.3, -0.25) is 4.79 Å². The molecule has 8 heteroatoms. The van der Waals surface area contributed by atoms with Gasteiger partial charge in [0.1, 0.15) is 5.75 Å². The molecular weight excluding hydrogens is 413 g/mol. The van der Waals surface area contributed by atoms with Gasteiger partial charge in [0.2, 0.25) is 0 Å². The molecule has 162 valence electrons. The van der Waals surface area contributed by atoms with Crippen LogP contribution in [-0.4, -0.2) is 44.2 Å². The summed E-state index contributed by atoms with van der Waals surface area (Å²) in [5, 5.41) is 2.97. The molecule has 0 spiro atoms. The van der Waals surface area contributed by atoms with Crippen LogP contribution in [0.1, 0.15) is 38.4 Å². The molecule has 0 aromatic heterocycles. The number of hydrogen-bond acceptors (Lipinski definition) is 4. The molecule has 4 nitrogen and oxygen atoms in total. The number of nitrogens with zero attached hydrogens (tertiary/aromatic N) is 1. The van der Waals surface area contributed by atoms with Gasteiger partial charge in [0.05, 0.1) is 23.8 Å². The van der Waals surface area contributed by atoms with Crippen LogP contribution in [0.2, 0.25) is 0 Å². The van der Waals surface area contributed by atoms with E-state index in [0.717, 1.165) is 29.5 Å². The number of carbonyl (C=O) groups excluding carboxylic acids is 1. The molecule has 1 N–H and O–H groups in total. The van der Waals surface area contributed by atoms with Crippen molar-refractivity contribution in [3.8, 4) is 5.75 Å². The van der Waals surface area contributed by atoms with E-state index in [0.29, 0.717) is 19.4 Å². The van der Waals surface area contributed by atoms with Gasteiger partial charge in [-0.1, -0.05) is 30.3 Å². The van der Waals surface area contributed by atoms with Crippen LogP contribution >= 0.6 is 11.8 Å². The SMILES string of the molecule is [2H]C([2H])([2H])N1CCCC(NC(=O)c2c(OC)cc(C(F)(F)F)cc2SC)(c2ccccc2)C1. The number of thioether (sulfide) groups is 1. The number of amides is 1. The summed E-state index contributed by atoms with van der Waals surface area (Å²) in [5.74, 6) is -0.820. The maximum atomic E-state index is 13.5. The number of ether oxygens (including phenoxy) is 1. The maximum Gasteiger partial charge on any atom is 0.416 e. The third-order valence-electron chi connectivity index (χ3n) is 5.23. The van der Waals surface area contributed by atoms with Gasteiger partial charge in [-0.25, -0.2) is 0 Å². The second kappa shape index (κ2) is 8.89. The average molecular weight is 442 g/mol. The minimum atomic E-state index is -4.60. The lowest BCUT2D eigenvalue weighted by Gasteiger charge is -2.42. The first-order valence-corrected chi connectivity index (χ1v) is 10.6. The first-order chi connectivity index (χ1) is 15.4. The number of nitrogens with one attached hydrogen (secondary N) is 1. The Labute approximate surface area is 183 Å². The van der Waals surface area contributed by atoms with E-state index in [1.807, 2.05) is 18.2 Å². The van der Waals surface area contributed by atoms with Crippen LogP contribution in [0.15, 0.2) is 47.4 Å². The highest BCUT2D eigenvalue weighted by Gasteiger charge is 2.39. The molecule has 1 fully saturated rings. The number of carbonyl (C=O) groups is 1. The number of rotatable bonds is 5. The summed E-state index contributed by atoms with van der Waals surface area (Å²) in [6.07, 6.45) is -2.02. The minimum absolute atomic E-state index is 0.0145. The lowest BCUT2D eigenvalue weighted by Crippen LogP contribution is -2.55. The third kappa shape index (κ3) is 4.59. The van der Waals surface area contributed by atoms with Gasteiger partial charge in [0.15, 0.2) is 0 Å². The van der Waals surface area contributed by atoms with Crippen molar-refractivity contribution in [3.05, 3.63) is 59.2 Å². The van der Waals surface area contributed by atoms with E-state index in [4.69, 9.17) is 8.85 Å². The molecule has 1 aliphatic heterocycles. The summed E-state index contributed by atoms with van der Waals surface area (Å²) >= 11 is 1.00. The van der Waals surface area contributed by atoms with Gasteiger partial charge in [-0.2, -0.15) is 13.2 Å². The molecule has 0 radical (unpaired) electrons. The number of halogens is 3. The largest absolute Gasteiger partial charge is 0.496 e. The van der Waals surface area contributed by atoms with Gasteiger partial charge in [-0.05, 0) is 50.3 Å². The first kappa shape index (κ1) is 18.6. The predicted molar refractivity (Wildman–Crippen MR) is 112 cm³/mol. The summed E-state index contributed by atoms with van der Waals surface area (Å²) in [6.45, 7) is -1.96. The number of likely N-dealkylation sites (tertiary alicyclic amines) is 1. The Morgan fingerprint density at radius 3 is 2.63 bits per heavy atom. The maximum absolute atomic E-state index is 13.5. The molecule has 1 heterocycles. The van der Waals surface area contributed by atoms with E-state index >= 15 is 0 Å². The van der Waals surface area contributed by atoms with Crippen molar-refractivity contribution < 1.29 is 26.8 Å². The fourth-order valence-electron chi connectivity index (χ4n) is 3.80. The van der Waals surface area contributed by atoms with Crippen LogP contribution in [0, 0.1) is 0 Å². The molecule has 3 rings (SSSR count). The third-order valence-corrected chi connectivity index (χ3v) is 5.99. The number of piperidine rings is 1. The zero-order chi connectivity index (χ0) is 24.4. The Kier molecular flexibility index (Phi) is 5.51. The van der Waals surface area contributed by atoms with Crippen LogP contribution in [0.4, 0.5) is 13.2 Å². The van der Waals surface area contributed by atoms with Crippen LogP contribution in [-0.2, 0) is 11.7 Å². The average Bonchev–Trinajstić information content (AvgIpc) is 2.77. The van der Waals surface area contributed by atoms with Crippen LogP contribution < -0.4 is 10.1 Å². The Morgan fingerprint density at radius 2 is 2.03 bits per heavy atom. The number of benzene rings is 2. The number of methoxy groups -OCH3 is 1. The first-order valence-electron chi connectivity index (χ1n) is 10.9. The van der Waals surface area contributed by atoms with Crippen LogP contribution in [0.3, 0.4) is 0 Å². The molecule has 30 heavy (non-hydrogen) atoms. The van der Waals surface area contributed by atoms with Crippen molar-refractivity contribution in [1.29, 1.82) is 0 Å². The summed E-state index contributed by atoms with van der Waals surface area (Å²) in [7, 11) is 1.21. The molecule has 0 bridgehead atoms. The van der Waals surface area contributed by atoms with Crippen LogP contribution in [0.5, 0.6) is 5.75 Å². The normalized spacial score (nSPS) is 22.0. The molecule has 1 amide bonds. The number of alkyl halides is 3. The molecule has 2 aromatic rings. The summed E-state index contributed by atoms with van der Waals surface area (Å²) in [6, 6.07) is 10.7. The molecule has 2 aromatic carbocycles. The van der Waals surface area contributed by atoms with E-state index in [9.17, 15) is 18.0 Å². The molecule has 1 saturated heterocycles. The van der Waals surface area contributed by atoms with E-state index in [1.54, 1.807) is 18.4 Å². The van der Waals surface area contributed by atoms with Gasteiger partial charge < -0.3 is 15.0 Å². The molecule has 1 aliphatic rings. The minimum Gasteiger partial charge on any atom is -0.496 e. The molecular formula is C22H25F3N2O2S. The number of likely N-dealkylation sites (N-methyl/N-ethyl adjacent to an activating group) is 1. The summed E-state index contributed by atoms with van der Waals surface area (Å²) < 4.78 is 68.7. The van der Waals surface area contributed by atoms with Gasteiger partial charge in [0.25, 0.3) is 5.91 Å². The van der Waals surface area contributed by atoms with Gasteiger partial charge in [0, 0.05) is 15.6 Å². The highest BCUT2D eigenvalue weighted by atomic mass is 32.2. The number of hydrogen-bond donors (Lipinski definition) is 1. The van der Waals surface area contributed by atoms with E-state index in [1.165, 1.54) is 12.0 Å². The Balaban J connectivity index is 2.07. The standard InChI is InChI=1S/C22H25F3N2O2S/c1-27-11-7-10-21(14-27,15-8-5-4-6-9-15)26-20(28)19-17(29-2)12-16(22(23,24)25)13-18(19)30-3/h4-6,8-9,12-13H,7,10-11,14H2,1-3H3,(H,26,28)/i1D3. The highest BCUT2D eigenvalue weighted by molar-refractivity contribution is 7.98. The van der Waals surface area contributed by atoms with E-state index in [2.05, 4.69) is 5.32 Å². The fourth-order valence-corrected chi connectivity index (χ4v) is 4.44. The topological polar surface area (TPSA) is 41.6 Å². The zero-order valence-corrected chi connectivity index (χ0v) is 17.5. The summed E-state index contributed by atoms with van der Waals surface area (Å²) in [4.78, 5) is 15.0. The van der Waals surface area contributed by atoms with Crippen LogP contribution in [0.25, 0.3) is 0 Å². The second-order valence-corrected chi connectivity index (χ2v) is 8.03. The molecule has 0 aliphatic carbocycles. The van der Waals surface area contributed by atoms with E-state index in [-0.39, 0.29) is 22.8 Å². The van der Waals surface area contributed by atoms with E-state index < -0.39 is 30.2 Å². The van der Waals surface area contributed by atoms with Crippen molar-refractivity contribution in [3.63, 3.8) is 0 Å². The Bertz CT molecular complexity index is 978. The molecule has 1 atom stereocenters. The predicted octanol–water partition coefficient (Wildman–Crippen LogP) is 4.79. The fraction of sp³-hybridized carbons (Fsp3) is 0.409. The quantitative estimate of drug-likeness (QED) is 0.678. The van der Waals surface area contributed by atoms with Crippen molar-refractivity contribution >= 4 is 17.7 Å². The lowest BCUT2D eigenvalue weighted by atomic mass is 9.82. The van der Waals surface area contributed by atoms with Crippen molar-refractivity contribution in [2.24, 2.45) is 0 Å². The second-order valence-electron chi connectivity index (χ2n) is 7.18. The van der Waals surface area contributed by atoms with Crippen molar-refractivity contribution in [1.82, 2.24) is 10.2 Å². The van der Waals surface area contributed by atoms with Gasteiger partial charge >= 0.3 is 6.18 Å². The Morgan fingerprint density at radius 1 is 1.30 bits per heavy atom. The smallest absolute Gasteiger partial charge is 0.416 e. The lowest BCUT2D eigenvalue weighted by molar-refractivity contribution is -0.137. The molecule has 1 unspecified atom stereocenters. The van der Waals surface area contributed by atoms with Gasteiger partial charge in [-0.15, -0.1) is 11.8 Å². The molecule has 0 saturated carbocycles. The zero-order valence-electron chi connectivity index (χ0n) is 19.7. The Hall–Kier alpha value is -2.19. The highest BCUT2D eigenvalue weighted by Crippen LogP contribution is 2.39. The summed E-state index contributed by atoms with van der Waals surface area (Å²) in [5.41, 5.74) is -1.23.